The van der Waals surface area contributed by atoms with Gasteiger partial charge in [0.15, 0.2) is 5.82 Å². The average molecular weight is 257 g/mol. The Morgan fingerprint density at radius 2 is 2.11 bits per heavy atom. The van der Waals surface area contributed by atoms with E-state index < -0.39 is 0 Å². The van der Waals surface area contributed by atoms with E-state index >= 15 is 0 Å². The van der Waals surface area contributed by atoms with E-state index in [1.54, 1.807) is 0 Å². The normalized spacial score (nSPS) is 11.3. The molecule has 0 radical (unpaired) electrons. The van der Waals surface area contributed by atoms with Gasteiger partial charge in [0.1, 0.15) is 5.65 Å². The van der Waals surface area contributed by atoms with Gasteiger partial charge in [-0.3, -0.25) is 0 Å². The molecule has 0 fully saturated rings. The lowest BCUT2D eigenvalue weighted by atomic mass is 10.3. The van der Waals surface area contributed by atoms with E-state index in [1.165, 1.54) is 0 Å². The first-order chi connectivity index (χ1) is 9.24. The summed E-state index contributed by atoms with van der Waals surface area (Å²) in [6.07, 6.45) is 2.02. The molecule has 1 N–H and O–H groups in total. The third-order valence-electron chi connectivity index (χ3n) is 2.97. The summed E-state index contributed by atoms with van der Waals surface area (Å²) < 4.78 is 7.14. The summed E-state index contributed by atoms with van der Waals surface area (Å²) in [5.41, 5.74) is 3.14. The lowest BCUT2D eigenvalue weighted by molar-refractivity contribution is 0.363. The van der Waals surface area contributed by atoms with E-state index in [-0.39, 0.29) is 0 Å². The molecule has 3 aromatic rings. The molecule has 3 heterocycles. The van der Waals surface area contributed by atoms with Gasteiger partial charge < -0.3 is 14.2 Å². The zero-order valence-electron chi connectivity index (χ0n) is 10.9. The molecule has 0 aliphatic carbocycles. The van der Waals surface area contributed by atoms with Crippen molar-refractivity contribution in [1.82, 2.24) is 24.8 Å². The van der Waals surface area contributed by atoms with E-state index in [1.807, 2.05) is 38.2 Å². The van der Waals surface area contributed by atoms with Gasteiger partial charge in [-0.05, 0) is 26.0 Å². The van der Waals surface area contributed by atoms with Gasteiger partial charge in [0.05, 0.1) is 17.9 Å². The van der Waals surface area contributed by atoms with Crippen LogP contribution < -0.4 is 5.32 Å². The Hall–Kier alpha value is -2.21. The smallest absolute Gasteiger partial charge is 0.240 e. The fourth-order valence-corrected chi connectivity index (χ4v) is 2.08. The van der Waals surface area contributed by atoms with Crippen molar-refractivity contribution < 1.29 is 4.52 Å². The Balaban J connectivity index is 1.73. The van der Waals surface area contributed by atoms with E-state index in [0.29, 0.717) is 24.8 Å². The lowest BCUT2D eigenvalue weighted by Gasteiger charge is -2.03. The minimum atomic E-state index is 0.556. The van der Waals surface area contributed by atoms with Crippen molar-refractivity contribution >= 4 is 5.65 Å². The van der Waals surface area contributed by atoms with Gasteiger partial charge in [-0.25, -0.2) is 4.98 Å². The number of rotatable bonds is 4. The fourth-order valence-electron chi connectivity index (χ4n) is 2.08. The molecule has 98 valence electrons. The first kappa shape index (κ1) is 11.9. The van der Waals surface area contributed by atoms with Crippen LogP contribution >= 0.6 is 0 Å². The Morgan fingerprint density at radius 1 is 1.21 bits per heavy atom. The van der Waals surface area contributed by atoms with Gasteiger partial charge in [0.2, 0.25) is 5.89 Å². The molecule has 0 saturated carbocycles. The minimum absolute atomic E-state index is 0.556. The van der Waals surface area contributed by atoms with Crippen molar-refractivity contribution in [3.63, 3.8) is 0 Å². The molecular formula is C13H15N5O. The van der Waals surface area contributed by atoms with Crippen LogP contribution in [-0.4, -0.2) is 19.5 Å². The average Bonchev–Trinajstić information content (AvgIpc) is 2.94. The molecule has 3 aromatic heterocycles. The molecule has 0 atom stereocenters. The van der Waals surface area contributed by atoms with Gasteiger partial charge in [-0.2, -0.15) is 4.98 Å². The monoisotopic (exact) mass is 257 g/mol. The van der Waals surface area contributed by atoms with Crippen LogP contribution in [0, 0.1) is 13.8 Å². The summed E-state index contributed by atoms with van der Waals surface area (Å²) in [6.45, 7) is 5.08. The fraction of sp³-hybridized carbons (Fsp3) is 0.308. The van der Waals surface area contributed by atoms with Crippen molar-refractivity contribution in [2.75, 3.05) is 0 Å². The summed E-state index contributed by atoms with van der Waals surface area (Å²) in [5, 5.41) is 7.05. The van der Waals surface area contributed by atoms with E-state index in [2.05, 4.69) is 24.8 Å². The summed E-state index contributed by atoms with van der Waals surface area (Å²) in [7, 11) is 0. The van der Waals surface area contributed by atoms with E-state index in [4.69, 9.17) is 4.52 Å². The van der Waals surface area contributed by atoms with Crippen molar-refractivity contribution in [2.24, 2.45) is 0 Å². The molecule has 0 amide bonds. The molecule has 0 unspecified atom stereocenters. The Morgan fingerprint density at radius 3 is 2.89 bits per heavy atom. The van der Waals surface area contributed by atoms with Crippen molar-refractivity contribution in [3.05, 3.63) is 47.5 Å². The number of hydrogen-bond acceptors (Lipinski definition) is 5. The van der Waals surface area contributed by atoms with Gasteiger partial charge in [0, 0.05) is 12.7 Å². The number of aryl methyl sites for hydroxylation is 2. The van der Waals surface area contributed by atoms with Crippen LogP contribution in [0.15, 0.2) is 28.9 Å². The Kier molecular flexibility index (Phi) is 3.00. The highest BCUT2D eigenvalue weighted by Crippen LogP contribution is 2.11. The number of aromatic nitrogens is 4. The van der Waals surface area contributed by atoms with E-state index in [9.17, 15) is 0 Å². The van der Waals surface area contributed by atoms with Crippen molar-refractivity contribution in [3.8, 4) is 0 Å². The maximum absolute atomic E-state index is 5.06. The predicted octanol–water partition coefficient (Wildman–Crippen LogP) is 1.62. The summed E-state index contributed by atoms with van der Waals surface area (Å²) in [5.74, 6) is 1.26. The third kappa shape index (κ3) is 2.34. The molecule has 19 heavy (non-hydrogen) atoms. The maximum Gasteiger partial charge on any atom is 0.240 e. The molecule has 3 rings (SSSR count). The Bertz CT molecular complexity index is 700. The van der Waals surface area contributed by atoms with Crippen LogP contribution in [0.1, 0.15) is 23.1 Å². The topological polar surface area (TPSA) is 68.2 Å². The largest absolute Gasteiger partial charge is 0.338 e. The number of fused-ring (bicyclic) bond motifs is 1. The summed E-state index contributed by atoms with van der Waals surface area (Å²) in [6, 6.07) is 5.98. The second-order valence-electron chi connectivity index (χ2n) is 4.41. The highest BCUT2D eigenvalue weighted by Gasteiger charge is 2.08. The van der Waals surface area contributed by atoms with Crippen LogP contribution in [-0.2, 0) is 13.1 Å². The minimum Gasteiger partial charge on any atom is -0.338 e. The van der Waals surface area contributed by atoms with Crippen LogP contribution in [0.25, 0.3) is 5.65 Å². The predicted molar refractivity (Wildman–Crippen MR) is 69.5 cm³/mol. The first-order valence-electron chi connectivity index (χ1n) is 6.16. The maximum atomic E-state index is 5.06. The van der Waals surface area contributed by atoms with Gasteiger partial charge in [0.25, 0.3) is 0 Å². The molecule has 0 bridgehead atoms. The molecule has 6 heteroatoms. The van der Waals surface area contributed by atoms with Gasteiger partial charge >= 0.3 is 0 Å². The zero-order valence-corrected chi connectivity index (χ0v) is 10.9. The summed E-state index contributed by atoms with van der Waals surface area (Å²) >= 11 is 0. The van der Waals surface area contributed by atoms with Crippen LogP contribution in [0.4, 0.5) is 0 Å². The van der Waals surface area contributed by atoms with Gasteiger partial charge in [-0.15, -0.1) is 0 Å². The highest BCUT2D eigenvalue weighted by atomic mass is 16.5. The first-order valence-corrected chi connectivity index (χ1v) is 6.16. The molecule has 6 nitrogen and oxygen atoms in total. The molecule has 0 saturated heterocycles. The third-order valence-corrected chi connectivity index (χ3v) is 2.97. The second-order valence-corrected chi connectivity index (χ2v) is 4.41. The van der Waals surface area contributed by atoms with Crippen molar-refractivity contribution in [2.45, 2.75) is 26.9 Å². The van der Waals surface area contributed by atoms with Crippen LogP contribution in [0.2, 0.25) is 0 Å². The van der Waals surface area contributed by atoms with Crippen LogP contribution in [0.5, 0.6) is 0 Å². The van der Waals surface area contributed by atoms with E-state index in [0.717, 1.165) is 17.0 Å². The number of imidazole rings is 1. The highest BCUT2D eigenvalue weighted by molar-refractivity contribution is 5.42. The number of hydrogen-bond donors (Lipinski definition) is 1. The lowest BCUT2D eigenvalue weighted by Crippen LogP contribution is -2.15. The molecule has 0 aliphatic rings. The quantitative estimate of drug-likeness (QED) is 0.769. The molecular weight excluding hydrogens is 242 g/mol. The van der Waals surface area contributed by atoms with Crippen molar-refractivity contribution in [1.29, 1.82) is 0 Å². The standard InChI is InChI=1S/C13H15N5O/c1-9-11(18-6-4-3-5-12(18)15-9)7-14-8-13-16-10(2)17-19-13/h3-6,14H,7-8H2,1-2H3. The number of nitrogens with zero attached hydrogens (tertiary/aromatic N) is 4. The SMILES string of the molecule is Cc1noc(CNCc2c(C)nc3ccccn23)n1. The van der Waals surface area contributed by atoms with Crippen LogP contribution in [0.3, 0.4) is 0 Å². The number of pyridine rings is 1. The molecule has 0 aromatic carbocycles. The second kappa shape index (κ2) is 4.81. The molecule has 0 spiro atoms. The number of nitrogens with one attached hydrogen (secondary N) is 1. The zero-order chi connectivity index (χ0) is 13.2. The van der Waals surface area contributed by atoms with Gasteiger partial charge in [-0.1, -0.05) is 11.2 Å². The summed E-state index contributed by atoms with van der Waals surface area (Å²) in [4.78, 5) is 8.67. The Labute approximate surface area is 110 Å². The molecule has 0 aliphatic heterocycles.